The van der Waals surface area contributed by atoms with Gasteiger partial charge in [0.2, 0.25) is 5.82 Å². The van der Waals surface area contributed by atoms with Crippen LogP contribution in [0.1, 0.15) is 36.4 Å². The van der Waals surface area contributed by atoms with Crippen molar-refractivity contribution in [2.75, 3.05) is 0 Å². The summed E-state index contributed by atoms with van der Waals surface area (Å²) >= 11 is 12.3. The van der Waals surface area contributed by atoms with E-state index in [9.17, 15) is 22.0 Å². The summed E-state index contributed by atoms with van der Waals surface area (Å²) in [7, 11) is 3.00. The molecule has 3 rings (SSSR count). The van der Waals surface area contributed by atoms with Crippen molar-refractivity contribution in [3.05, 3.63) is 72.9 Å². The molecule has 0 amide bonds. The third kappa shape index (κ3) is 3.69. The van der Waals surface area contributed by atoms with E-state index in [4.69, 9.17) is 27.5 Å². The number of benzene rings is 1. The lowest BCUT2D eigenvalue weighted by molar-refractivity contribution is 0.376. The monoisotopic (exact) mass is 464 g/mol. The van der Waals surface area contributed by atoms with Crippen LogP contribution in [0.4, 0.5) is 26.3 Å². The van der Waals surface area contributed by atoms with Gasteiger partial charge in [-0.25, -0.2) is 22.0 Å². The fourth-order valence-electron chi connectivity index (χ4n) is 3.08. The number of halogens is 8. The molecule has 2 heterocycles. The average Bonchev–Trinajstić information content (AvgIpc) is 3.14. The lowest BCUT2D eigenvalue weighted by Crippen LogP contribution is -2.09. The molecule has 2 radical (unpaired) electrons. The van der Waals surface area contributed by atoms with Crippen molar-refractivity contribution in [3.63, 3.8) is 0 Å². The van der Waals surface area contributed by atoms with Gasteiger partial charge in [0.25, 0.3) is 0 Å². The highest BCUT2D eigenvalue weighted by Crippen LogP contribution is 2.42. The second-order valence-corrected chi connectivity index (χ2v) is 7.12. The smallest absolute Gasteiger partial charge is 0.350 e. The summed E-state index contributed by atoms with van der Waals surface area (Å²) in [6.07, 6.45) is 0. The van der Waals surface area contributed by atoms with E-state index in [1.165, 1.54) is 6.92 Å². The third-order valence-corrected chi connectivity index (χ3v) is 5.70. The molecule has 0 saturated carbocycles. The van der Waals surface area contributed by atoms with Crippen LogP contribution in [0.5, 0.6) is 0 Å². The molecule has 0 fully saturated rings. The standard InChI is InChI=1S/C19H13Cl2F5N2.BF/c1-5-11(20)7(3)27-18(5)10(19-6(2)12(21)8(4)28-19)9-13(22)15(24)17(26)16(25)14(9)23;1-2/h27H,1-4H3;/b19-10-;. The molecular formula is C19H13BCl2F6N2. The predicted octanol–water partition coefficient (Wildman–Crippen LogP) is 6.77. The van der Waals surface area contributed by atoms with Gasteiger partial charge in [-0.15, -0.1) is 0 Å². The van der Waals surface area contributed by atoms with Gasteiger partial charge in [0, 0.05) is 11.3 Å². The average molecular weight is 465 g/mol. The molecule has 1 aromatic carbocycles. The fourth-order valence-corrected chi connectivity index (χ4v) is 3.36. The van der Waals surface area contributed by atoms with E-state index < -0.39 is 34.6 Å². The van der Waals surface area contributed by atoms with Gasteiger partial charge in [-0.2, -0.15) is 0 Å². The summed E-state index contributed by atoms with van der Waals surface area (Å²) < 4.78 is 79.7. The van der Waals surface area contributed by atoms with Crippen molar-refractivity contribution in [1.29, 1.82) is 0 Å². The van der Waals surface area contributed by atoms with E-state index in [1.54, 1.807) is 20.8 Å². The van der Waals surface area contributed by atoms with Crippen molar-refractivity contribution in [1.82, 2.24) is 4.98 Å². The number of allylic oxidation sites excluding steroid dienone is 2. The zero-order chi connectivity index (χ0) is 23.1. The molecule has 0 bridgehead atoms. The number of nitrogens with one attached hydrogen (secondary N) is 1. The zero-order valence-electron chi connectivity index (χ0n) is 16.0. The largest absolute Gasteiger partial charge is 0.357 e. The fraction of sp³-hybridized carbons (Fsp3) is 0.211. The highest BCUT2D eigenvalue weighted by Gasteiger charge is 2.33. The molecule has 1 aromatic heterocycles. The molecule has 0 spiro atoms. The molecule has 0 aliphatic carbocycles. The number of aliphatic imine (C=N–C) groups is 1. The van der Waals surface area contributed by atoms with E-state index in [1.807, 2.05) is 0 Å². The quantitative estimate of drug-likeness (QED) is 0.220. The number of aromatic amines is 1. The van der Waals surface area contributed by atoms with Gasteiger partial charge >= 0.3 is 8.12 Å². The molecule has 0 atom stereocenters. The number of hydrogen-bond acceptors (Lipinski definition) is 1. The molecule has 2 nitrogen and oxygen atoms in total. The van der Waals surface area contributed by atoms with Gasteiger partial charge in [0.05, 0.1) is 32.7 Å². The minimum atomic E-state index is -2.24. The molecule has 11 heteroatoms. The van der Waals surface area contributed by atoms with Crippen molar-refractivity contribution in [2.24, 2.45) is 4.99 Å². The van der Waals surface area contributed by atoms with E-state index >= 15 is 0 Å². The lowest BCUT2D eigenvalue weighted by Gasteiger charge is -2.15. The second-order valence-electron chi connectivity index (χ2n) is 6.37. The molecule has 0 unspecified atom stereocenters. The number of H-pyrrole nitrogens is 1. The Morgan fingerprint density at radius 3 is 1.67 bits per heavy atom. The molecule has 0 saturated heterocycles. The molecule has 1 N–H and O–H groups in total. The zero-order valence-corrected chi connectivity index (χ0v) is 17.6. The molecule has 1 aliphatic rings. The maximum atomic E-state index is 14.7. The van der Waals surface area contributed by atoms with Crippen LogP contribution in [0.25, 0.3) is 5.57 Å². The first-order valence-electron chi connectivity index (χ1n) is 8.24. The minimum absolute atomic E-state index is 0.00766. The predicted molar refractivity (Wildman–Crippen MR) is 106 cm³/mol. The van der Waals surface area contributed by atoms with Crippen LogP contribution in [0.15, 0.2) is 21.3 Å². The Kier molecular flexibility index (Phi) is 7.19. The Balaban J connectivity index is 0.00000155. The van der Waals surface area contributed by atoms with Crippen molar-refractivity contribution in [2.45, 2.75) is 27.7 Å². The van der Waals surface area contributed by atoms with Crippen LogP contribution in [0.3, 0.4) is 0 Å². The Hall–Kier alpha value is -2.13. The van der Waals surface area contributed by atoms with E-state index in [0.717, 1.165) is 0 Å². The molecule has 30 heavy (non-hydrogen) atoms. The van der Waals surface area contributed by atoms with Crippen LogP contribution >= 0.6 is 23.2 Å². The van der Waals surface area contributed by atoms with Crippen LogP contribution in [0.2, 0.25) is 5.02 Å². The first kappa shape index (κ1) is 24.1. The summed E-state index contributed by atoms with van der Waals surface area (Å²) in [4.78, 5) is 7.05. The lowest BCUT2D eigenvalue weighted by atomic mass is 9.94. The maximum absolute atomic E-state index is 14.7. The van der Waals surface area contributed by atoms with Crippen LogP contribution in [-0.2, 0) is 0 Å². The van der Waals surface area contributed by atoms with Gasteiger partial charge < -0.3 is 9.30 Å². The van der Waals surface area contributed by atoms with Gasteiger partial charge in [-0.1, -0.05) is 23.2 Å². The van der Waals surface area contributed by atoms with E-state index in [0.29, 0.717) is 22.5 Å². The summed E-state index contributed by atoms with van der Waals surface area (Å²) in [6.45, 7) is 6.27. The summed E-state index contributed by atoms with van der Waals surface area (Å²) in [6, 6.07) is 0. The number of aryl methyl sites for hydroxylation is 1. The van der Waals surface area contributed by atoms with Crippen LogP contribution in [0, 0.1) is 42.9 Å². The topological polar surface area (TPSA) is 28.1 Å². The first-order valence-corrected chi connectivity index (χ1v) is 8.99. The third-order valence-electron chi connectivity index (χ3n) is 4.57. The maximum Gasteiger partial charge on any atom is 0.350 e. The molecule has 2 aromatic rings. The van der Waals surface area contributed by atoms with Crippen molar-refractivity contribution < 1.29 is 26.3 Å². The van der Waals surface area contributed by atoms with Gasteiger partial charge in [-0.3, -0.25) is 4.99 Å². The number of rotatable bonds is 2. The molecule has 158 valence electrons. The van der Waals surface area contributed by atoms with E-state index in [-0.39, 0.29) is 27.0 Å². The molecule has 1 aliphatic heterocycles. The van der Waals surface area contributed by atoms with Gasteiger partial charge in [0.1, 0.15) is 0 Å². The molecular weight excluding hydrogens is 452 g/mol. The Morgan fingerprint density at radius 2 is 1.30 bits per heavy atom. The SMILES string of the molecule is CC1=N/C(=C(\c2[nH]c(C)c(Cl)c2C)c2c(F)c(F)c(F)c(F)c2F)C(C)=C1Cl.[B]F. The Labute approximate surface area is 179 Å². The minimum Gasteiger partial charge on any atom is -0.357 e. The highest BCUT2D eigenvalue weighted by molar-refractivity contribution is 6.45. The van der Waals surface area contributed by atoms with Gasteiger partial charge in [-0.05, 0) is 38.8 Å². The Morgan fingerprint density at radius 1 is 0.833 bits per heavy atom. The van der Waals surface area contributed by atoms with Crippen molar-refractivity contribution >= 4 is 42.6 Å². The number of aromatic nitrogens is 1. The second kappa shape index (κ2) is 8.94. The highest BCUT2D eigenvalue weighted by atomic mass is 35.5. The van der Waals surface area contributed by atoms with Crippen LogP contribution in [-0.4, -0.2) is 18.8 Å². The van der Waals surface area contributed by atoms with Gasteiger partial charge in [0.15, 0.2) is 23.3 Å². The van der Waals surface area contributed by atoms with Crippen LogP contribution < -0.4 is 0 Å². The summed E-state index contributed by atoms with van der Waals surface area (Å²) in [5, 5.41) is 0.492. The first-order chi connectivity index (χ1) is 14.0. The summed E-state index contributed by atoms with van der Waals surface area (Å²) in [5.74, 6) is -10.3. The number of hydrogen-bond donors (Lipinski definition) is 1. The van der Waals surface area contributed by atoms with E-state index in [2.05, 4.69) is 18.1 Å². The van der Waals surface area contributed by atoms with Crippen molar-refractivity contribution in [3.8, 4) is 0 Å². The number of nitrogens with zero attached hydrogens (tertiary/aromatic N) is 1. The summed E-state index contributed by atoms with van der Waals surface area (Å²) in [5.41, 5.74) is 0.178. The Bertz CT molecular complexity index is 1110. The normalized spacial score (nSPS) is 15.3.